The van der Waals surface area contributed by atoms with Crippen molar-refractivity contribution in [3.05, 3.63) is 57.3 Å². The van der Waals surface area contributed by atoms with Crippen molar-refractivity contribution in [1.29, 1.82) is 0 Å². The number of nitrogens with one attached hydrogen (secondary N) is 1. The second kappa shape index (κ2) is 7.05. The lowest BCUT2D eigenvalue weighted by Gasteiger charge is -2.17. The Morgan fingerprint density at radius 2 is 1.65 bits per heavy atom. The van der Waals surface area contributed by atoms with Gasteiger partial charge in [0.15, 0.2) is 0 Å². The average molecular weight is 287 g/mol. The van der Waals surface area contributed by atoms with E-state index in [1.165, 1.54) is 27.3 Å². The molecule has 0 spiro atoms. The van der Waals surface area contributed by atoms with E-state index in [0.717, 1.165) is 6.42 Å². The van der Waals surface area contributed by atoms with Gasteiger partial charge < -0.3 is 5.32 Å². The van der Waals surface area contributed by atoms with E-state index in [2.05, 4.69) is 62.5 Å². The van der Waals surface area contributed by atoms with Gasteiger partial charge in [-0.1, -0.05) is 45.0 Å². The van der Waals surface area contributed by atoms with Crippen LogP contribution < -0.4 is 5.32 Å². The second-order valence-corrected chi connectivity index (χ2v) is 6.56. The summed E-state index contributed by atoms with van der Waals surface area (Å²) in [6, 6.07) is 13.9. The molecule has 0 aliphatic rings. The zero-order valence-electron chi connectivity index (χ0n) is 12.9. The van der Waals surface area contributed by atoms with Crippen LogP contribution in [0.2, 0.25) is 0 Å². The van der Waals surface area contributed by atoms with Crippen LogP contribution in [0.25, 0.3) is 0 Å². The fourth-order valence-corrected chi connectivity index (χ4v) is 3.56. The zero-order chi connectivity index (χ0) is 14.5. The Bertz CT molecular complexity index is 527. The zero-order valence-corrected chi connectivity index (χ0v) is 13.8. The molecule has 108 valence electrons. The van der Waals surface area contributed by atoms with Gasteiger partial charge in [-0.25, -0.2) is 0 Å². The van der Waals surface area contributed by atoms with Gasteiger partial charge in [-0.2, -0.15) is 0 Å². The molecular formula is C18H25NS. The van der Waals surface area contributed by atoms with E-state index in [-0.39, 0.29) is 0 Å². The first-order valence-electron chi connectivity index (χ1n) is 7.55. The van der Waals surface area contributed by atoms with Crippen LogP contribution in [0.4, 0.5) is 0 Å². The van der Waals surface area contributed by atoms with E-state index in [1.807, 2.05) is 18.4 Å². The summed E-state index contributed by atoms with van der Waals surface area (Å²) in [5.41, 5.74) is 2.79. The fraction of sp³-hybridized carbons (Fsp3) is 0.444. The molecule has 1 nitrogen and oxygen atoms in total. The van der Waals surface area contributed by atoms with Gasteiger partial charge in [0.05, 0.1) is 6.04 Å². The van der Waals surface area contributed by atoms with Gasteiger partial charge in [0.1, 0.15) is 0 Å². The third kappa shape index (κ3) is 3.31. The Balaban J connectivity index is 2.23. The van der Waals surface area contributed by atoms with E-state index in [9.17, 15) is 0 Å². The minimum Gasteiger partial charge on any atom is -0.309 e. The quantitative estimate of drug-likeness (QED) is 0.776. The van der Waals surface area contributed by atoms with Crippen LogP contribution in [-0.2, 0) is 6.42 Å². The van der Waals surface area contributed by atoms with Crippen molar-refractivity contribution < 1.29 is 0 Å². The Morgan fingerprint density at radius 1 is 1.00 bits per heavy atom. The lowest BCUT2D eigenvalue weighted by molar-refractivity contribution is 0.699. The summed E-state index contributed by atoms with van der Waals surface area (Å²) >= 11 is 1.91. The number of aryl methyl sites for hydroxylation is 1. The molecule has 1 aromatic heterocycles. The number of hydrogen-bond acceptors (Lipinski definition) is 2. The standard InChI is InChI=1S/C18H25NS/c1-5-13(3)14-7-9-15(10-8-14)18(19-4)17-12-11-16(6-2)20-17/h7-13,18-19H,5-6H2,1-4H3. The largest absolute Gasteiger partial charge is 0.309 e. The molecule has 2 unspecified atom stereocenters. The van der Waals surface area contributed by atoms with Crippen LogP contribution in [-0.4, -0.2) is 7.05 Å². The van der Waals surface area contributed by atoms with Crippen molar-refractivity contribution >= 4 is 11.3 Å². The molecule has 2 atom stereocenters. The van der Waals surface area contributed by atoms with Gasteiger partial charge in [0.25, 0.3) is 0 Å². The van der Waals surface area contributed by atoms with Crippen molar-refractivity contribution in [2.24, 2.45) is 0 Å². The number of benzene rings is 1. The molecule has 1 heterocycles. The van der Waals surface area contributed by atoms with Crippen LogP contribution >= 0.6 is 11.3 Å². The highest BCUT2D eigenvalue weighted by atomic mass is 32.1. The molecule has 1 aromatic carbocycles. The molecule has 1 N–H and O–H groups in total. The van der Waals surface area contributed by atoms with Gasteiger partial charge in [-0.05, 0) is 49.1 Å². The molecule has 0 saturated heterocycles. The van der Waals surface area contributed by atoms with Gasteiger partial charge in [-0.3, -0.25) is 0 Å². The van der Waals surface area contributed by atoms with E-state index >= 15 is 0 Å². The maximum Gasteiger partial charge on any atom is 0.0668 e. The SMILES string of the molecule is CCc1ccc(C(NC)c2ccc(C(C)CC)cc2)s1. The van der Waals surface area contributed by atoms with Crippen LogP contribution in [0, 0.1) is 0 Å². The number of hydrogen-bond donors (Lipinski definition) is 1. The molecule has 0 aliphatic heterocycles. The van der Waals surface area contributed by atoms with E-state index < -0.39 is 0 Å². The van der Waals surface area contributed by atoms with Crippen LogP contribution in [0.1, 0.15) is 60.0 Å². The second-order valence-electron chi connectivity index (χ2n) is 5.36. The summed E-state index contributed by atoms with van der Waals surface area (Å²) in [5, 5.41) is 3.45. The normalized spacial score (nSPS) is 14.2. The Labute approximate surface area is 127 Å². The van der Waals surface area contributed by atoms with Gasteiger partial charge >= 0.3 is 0 Å². The topological polar surface area (TPSA) is 12.0 Å². The molecule has 0 aliphatic carbocycles. The molecule has 0 radical (unpaired) electrons. The van der Waals surface area contributed by atoms with Crippen LogP contribution in [0.5, 0.6) is 0 Å². The van der Waals surface area contributed by atoms with Gasteiger partial charge in [0, 0.05) is 9.75 Å². The first-order valence-corrected chi connectivity index (χ1v) is 8.36. The maximum absolute atomic E-state index is 3.45. The molecule has 2 aromatic rings. The predicted molar refractivity (Wildman–Crippen MR) is 89.7 cm³/mol. The van der Waals surface area contributed by atoms with E-state index in [0.29, 0.717) is 12.0 Å². The first-order chi connectivity index (χ1) is 9.69. The van der Waals surface area contributed by atoms with Crippen molar-refractivity contribution in [3.63, 3.8) is 0 Å². The smallest absolute Gasteiger partial charge is 0.0668 e. The van der Waals surface area contributed by atoms with Gasteiger partial charge in [0.2, 0.25) is 0 Å². The Hall–Kier alpha value is -1.12. The fourth-order valence-electron chi connectivity index (χ4n) is 2.47. The third-order valence-corrected chi connectivity index (χ3v) is 5.35. The lowest BCUT2D eigenvalue weighted by atomic mass is 9.96. The molecule has 0 saturated carbocycles. The van der Waals surface area contributed by atoms with Crippen molar-refractivity contribution in [2.75, 3.05) is 7.05 Å². The predicted octanol–water partition coefficient (Wildman–Crippen LogP) is 5.13. The molecule has 0 fully saturated rings. The Kier molecular flexibility index (Phi) is 5.38. The summed E-state index contributed by atoms with van der Waals surface area (Å²) in [5.74, 6) is 0.644. The third-order valence-electron chi connectivity index (χ3n) is 4.06. The molecule has 0 amide bonds. The summed E-state index contributed by atoms with van der Waals surface area (Å²) < 4.78 is 0. The lowest BCUT2D eigenvalue weighted by Crippen LogP contribution is -2.16. The van der Waals surface area contributed by atoms with E-state index in [1.54, 1.807) is 0 Å². The molecular weight excluding hydrogens is 262 g/mol. The summed E-state index contributed by atoms with van der Waals surface area (Å²) in [4.78, 5) is 2.86. The molecule has 2 heteroatoms. The molecule has 0 bridgehead atoms. The van der Waals surface area contributed by atoms with Crippen molar-refractivity contribution in [1.82, 2.24) is 5.32 Å². The number of rotatable bonds is 6. The van der Waals surface area contributed by atoms with Crippen LogP contribution in [0.15, 0.2) is 36.4 Å². The highest BCUT2D eigenvalue weighted by molar-refractivity contribution is 7.12. The minimum atomic E-state index is 0.311. The van der Waals surface area contributed by atoms with E-state index in [4.69, 9.17) is 0 Å². The van der Waals surface area contributed by atoms with Crippen molar-refractivity contribution in [2.45, 2.75) is 45.6 Å². The maximum atomic E-state index is 3.45. The van der Waals surface area contributed by atoms with Crippen LogP contribution in [0.3, 0.4) is 0 Å². The minimum absolute atomic E-state index is 0.311. The monoisotopic (exact) mass is 287 g/mol. The highest BCUT2D eigenvalue weighted by Gasteiger charge is 2.14. The molecule has 20 heavy (non-hydrogen) atoms. The molecule has 2 rings (SSSR count). The highest BCUT2D eigenvalue weighted by Crippen LogP contribution is 2.29. The van der Waals surface area contributed by atoms with Crippen molar-refractivity contribution in [3.8, 4) is 0 Å². The summed E-state index contributed by atoms with van der Waals surface area (Å²) in [7, 11) is 2.04. The summed E-state index contributed by atoms with van der Waals surface area (Å²) in [6.45, 7) is 6.75. The number of thiophene rings is 1. The Morgan fingerprint density at radius 3 is 2.15 bits per heavy atom. The van der Waals surface area contributed by atoms with Gasteiger partial charge in [-0.15, -0.1) is 11.3 Å². The first kappa shape index (κ1) is 15.3. The summed E-state index contributed by atoms with van der Waals surface area (Å²) in [6.07, 6.45) is 2.31. The average Bonchev–Trinajstić information content (AvgIpc) is 2.96.